The van der Waals surface area contributed by atoms with Crippen molar-refractivity contribution in [2.45, 2.75) is 38.8 Å². The zero-order valence-electron chi connectivity index (χ0n) is 11.5. The smallest absolute Gasteiger partial charge is 0.129 e. The molecule has 0 aliphatic carbocycles. The van der Waals surface area contributed by atoms with E-state index in [1.54, 1.807) is 7.11 Å². The third kappa shape index (κ3) is 3.36. The SMILES string of the molecule is CCC(C)n1ccc(CC(O)c2cc(OC)cs2)n1. The lowest BCUT2D eigenvalue weighted by atomic mass is 10.2. The van der Waals surface area contributed by atoms with Gasteiger partial charge in [-0.15, -0.1) is 11.3 Å². The molecule has 0 spiro atoms. The summed E-state index contributed by atoms with van der Waals surface area (Å²) in [4.78, 5) is 0.912. The van der Waals surface area contributed by atoms with Crippen LogP contribution in [0.2, 0.25) is 0 Å². The van der Waals surface area contributed by atoms with Crippen LogP contribution in [-0.2, 0) is 6.42 Å². The van der Waals surface area contributed by atoms with Crippen LogP contribution in [0.5, 0.6) is 5.75 Å². The number of rotatable bonds is 6. The number of nitrogens with zero attached hydrogens (tertiary/aromatic N) is 2. The number of aromatic nitrogens is 2. The van der Waals surface area contributed by atoms with E-state index in [4.69, 9.17) is 4.74 Å². The van der Waals surface area contributed by atoms with Crippen LogP contribution in [0.25, 0.3) is 0 Å². The van der Waals surface area contributed by atoms with E-state index in [1.165, 1.54) is 11.3 Å². The molecule has 2 unspecified atom stereocenters. The van der Waals surface area contributed by atoms with Crippen molar-refractivity contribution in [2.24, 2.45) is 0 Å². The third-order valence-corrected chi connectivity index (χ3v) is 4.28. The molecule has 5 heteroatoms. The van der Waals surface area contributed by atoms with Gasteiger partial charge in [0.2, 0.25) is 0 Å². The van der Waals surface area contributed by atoms with E-state index in [-0.39, 0.29) is 0 Å². The summed E-state index contributed by atoms with van der Waals surface area (Å²) in [5, 5.41) is 16.6. The van der Waals surface area contributed by atoms with Gasteiger partial charge in [-0.25, -0.2) is 0 Å². The van der Waals surface area contributed by atoms with Gasteiger partial charge in [-0.1, -0.05) is 6.92 Å². The second kappa shape index (κ2) is 6.21. The van der Waals surface area contributed by atoms with Crippen molar-refractivity contribution in [1.29, 1.82) is 0 Å². The van der Waals surface area contributed by atoms with Gasteiger partial charge in [-0.2, -0.15) is 5.10 Å². The highest BCUT2D eigenvalue weighted by Gasteiger charge is 2.14. The molecule has 0 fully saturated rings. The monoisotopic (exact) mass is 280 g/mol. The lowest BCUT2D eigenvalue weighted by Gasteiger charge is -2.09. The maximum atomic E-state index is 10.2. The average Bonchev–Trinajstić information content (AvgIpc) is 3.06. The van der Waals surface area contributed by atoms with Gasteiger partial charge in [0.1, 0.15) is 5.75 Å². The normalized spacial score (nSPS) is 14.3. The molecule has 0 aliphatic rings. The van der Waals surface area contributed by atoms with Gasteiger partial charge >= 0.3 is 0 Å². The Labute approximate surface area is 117 Å². The Kier molecular flexibility index (Phi) is 4.61. The predicted molar refractivity (Wildman–Crippen MR) is 76.8 cm³/mol. The second-order valence-corrected chi connectivity index (χ2v) is 5.60. The lowest BCUT2D eigenvalue weighted by Crippen LogP contribution is -2.06. The molecule has 0 radical (unpaired) electrons. The second-order valence-electron chi connectivity index (χ2n) is 4.65. The molecule has 2 aromatic heterocycles. The van der Waals surface area contributed by atoms with Gasteiger partial charge < -0.3 is 9.84 Å². The summed E-state index contributed by atoms with van der Waals surface area (Å²) in [5.74, 6) is 0.796. The van der Waals surface area contributed by atoms with E-state index in [9.17, 15) is 5.11 Å². The Hall–Kier alpha value is -1.33. The number of aliphatic hydroxyl groups is 1. The molecule has 2 heterocycles. The van der Waals surface area contributed by atoms with Crippen LogP contribution in [0.1, 0.15) is 43.0 Å². The zero-order valence-corrected chi connectivity index (χ0v) is 12.4. The van der Waals surface area contributed by atoms with E-state index in [0.717, 1.165) is 22.7 Å². The first kappa shape index (κ1) is 14.1. The molecule has 2 aromatic rings. The maximum absolute atomic E-state index is 10.2. The summed E-state index contributed by atoms with van der Waals surface area (Å²) < 4.78 is 7.08. The highest BCUT2D eigenvalue weighted by atomic mass is 32.1. The number of aliphatic hydroxyl groups excluding tert-OH is 1. The van der Waals surface area contributed by atoms with Crippen LogP contribution < -0.4 is 4.74 Å². The minimum atomic E-state index is -0.519. The van der Waals surface area contributed by atoms with Gasteiger partial charge in [-0.3, -0.25) is 4.68 Å². The largest absolute Gasteiger partial charge is 0.496 e. The Morgan fingerprint density at radius 3 is 2.95 bits per heavy atom. The highest BCUT2D eigenvalue weighted by Crippen LogP contribution is 2.28. The van der Waals surface area contributed by atoms with Crippen LogP contribution in [0.15, 0.2) is 23.7 Å². The topological polar surface area (TPSA) is 47.3 Å². The van der Waals surface area contributed by atoms with E-state index >= 15 is 0 Å². The quantitative estimate of drug-likeness (QED) is 0.884. The Morgan fingerprint density at radius 1 is 1.53 bits per heavy atom. The minimum Gasteiger partial charge on any atom is -0.496 e. The predicted octanol–water partition coefficient (Wildman–Crippen LogP) is 3.20. The standard InChI is InChI=1S/C14H20N2O2S/c1-4-10(2)16-6-5-11(15-16)7-13(17)14-8-12(18-3)9-19-14/h5-6,8-10,13,17H,4,7H2,1-3H3. The number of methoxy groups -OCH3 is 1. The number of hydrogen-bond donors (Lipinski definition) is 1. The molecule has 104 valence electrons. The molecule has 4 nitrogen and oxygen atoms in total. The van der Waals surface area contributed by atoms with Crippen LogP contribution in [-0.4, -0.2) is 22.0 Å². The van der Waals surface area contributed by atoms with Crippen molar-refractivity contribution < 1.29 is 9.84 Å². The third-order valence-electron chi connectivity index (χ3n) is 3.27. The minimum absolute atomic E-state index is 0.396. The van der Waals surface area contributed by atoms with Gasteiger partial charge in [0, 0.05) is 28.9 Å². The zero-order chi connectivity index (χ0) is 13.8. The molecule has 1 N–H and O–H groups in total. The molecule has 19 heavy (non-hydrogen) atoms. The Bertz CT molecular complexity index is 521. The van der Waals surface area contributed by atoms with Crippen LogP contribution in [0, 0.1) is 0 Å². The first-order chi connectivity index (χ1) is 9.13. The van der Waals surface area contributed by atoms with Crippen LogP contribution >= 0.6 is 11.3 Å². The van der Waals surface area contributed by atoms with Gasteiger partial charge in [0.25, 0.3) is 0 Å². The van der Waals surface area contributed by atoms with Crippen molar-refractivity contribution in [3.8, 4) is 5.75 Å². The molecular weight excluding hydrogens is 260 g/mol. The van der Waals surface area contributed by atoms with Crippen molar-refractivity contribution >= 4 is 11.3 Å². The molecule has 0 saturated carbocycles. The number of thiophene rings is 1. The molecule has 0 aromatic carbocycles. The summed E-state index contributed by atoms with van der Waals surface area (Å²) in [5.41, 5.74) is 0.917. The molecule has 2 rings (SSSR count). The fourth-order valence-electron chi connectivity index (χ4n) is 1.83. The van der Waals surface area contributed by atoms with E-state index < -0.39 is 6.10 Å². The highest BCUT2D eigenvalue weighted by molar-refractivity contribution is 7.10. The van der Waals surface area contributed by atoms with Crippen molar-refractivity contribution in [1.82, 2.24) is 9.78 Å². The molecular formula is C14H20N2O2S. The summed E-state index contributed by atoms with van der Waals surface area (Å²) >= 11 is 1.51. The maximum Gasteiger partial charge on any atom is 0.129 e. The molecule has 0 saturated heterocycles. The fourth-order valence-corrected chi connectivity index (χ4v) is 2.67. The first-order valence-electron chi connectivity index (χ1n) is 6.48. The molecule has 2 atom stereocenters. The van der Waals surface area contributed by atoms with Crippen molar-refractivity contribution in [3.63, 3.8) is 0 Å². The van der Waals surface area contributed by atoms with E-state index in [0.29, 0.717) is 12.5 Å². The van der Waals surface area contributed by atoms with Gasteiger partial charge in [0.15, 0.2) is 0 Å². The fraction of sp³-hybridized carbons (Fsp3) is 0.500. The molecule has 0 bridgehead atoms. The lowest BCUT2D eigenvalue weighted by molar-refractivity contribution is 0.180. The number of ether oxygens (including phenoxy) is 1. The Balaban J connectivity index is 2.02. The van der Waals surface area contributed by atoms with E-state index in [1.807, 2.05) is 28.4 Å². The van der Waals surface area contributed by atoms with Gasteiger partial charge in [-0.05, 0) is 25.5 Å². The summed E-state index contributed by atoms with van der Waals surface area (Å²) in [6, 6.07) is 4.24. The van der Waals surface area contributed by atoms with Crippen molar-refractivity contribution in [2.75, 3.05) is 7.11 Å². The summed E-state index contributed by atoms with van der Waals surface area (Å²) in [6.07, 6.45) is 3.04. The molecule has 0 amide bonds. The number of hydrogen-bond acceptors (Lipinski definition) is 4. The van der Waals surface area contributed by atoms with Crippen LogP contribution in [0.3, 0.4) is 0 Å². The van der Waals surface area contributed by atoms with Gasteiger partial charge in [0.05, 0.1) is 18.9 Å². The first-order valence-corrected chi connectivity index (χ1v) is 7.36. The summed E-state index contributed by atoms with van der Waals surface area (Å²) in [7, 11) is 1.63. The molecule has 0 aliphatic heterocycles. The Morgan fingerprint density at radius 2 is 2.32 bits per heavy atom. The van der Waals surface area contributed by atoms with Crippen molar-refractivity contribution in [3.05, 3.63) is 34.3 Å². The van der Waals surface area contributed by atoms with E-state index in [2.05, 4.69) is 18.9 Å². The van der Waals surface area contributed by atoms with Crippen LogP contribution in [0.4, 0.5) is 0 Å². The average molecular weight is 280 g/mol. The summed E-state index contributed by atoms with van der Waals surface area (Å²) in [6.45, 7) is 4.27.